The summed E-state index contributed by atoms with van der Waals surface area (Å²) in [6, 6.07) is 3.95. The molecule has 0 aliphatic rings. The molecule has 0 saturated carbocycles. The first-order valence-electron chi connectivity index (χ1n) is 5.32. The lowest BCUT2D eigenvalue weighted by Crippen LogP contribution is -2.43. The van der Waals surface area contributed by atoms with Crippen LogP contribution < -0.4 is 5.32 Å². The third kappa shape index (κ3) is 4.27. The zero-order chi connectivity index (χ0) is 14.6. The molecule has 0 saturated heterocycles. The predicted octanol–water partition coefficient (Wildman–Crippen LogP) is 0.830. The fourth-order valence-electron chi connectivity index (χ4n) is 1.22. The smallest absolute Gasteiger partial charge is 0.284 e. The Morgan fingerprint density at radius 3 is 2.74 bits per heavy atom. The Bertz CT molecular complexity index is 504. The number of nitro benzene ring substituents is 1. The van der Waals surface area contributed by atoms with Crippen LogP contribution in [-0.4, -0.2) is 39.8 Å². The molecule has 3 N–H and O–H groups in total. The van der Waals surface area contributed by atoms with Gasteiger partial charge in [-0.25, -0.2) is 0 Å². The van der Waals surface area contributed by atoms with E-state index in [1.54, 1.807) is 0 Å². The van der Waals surface area contributed by atoms with Gasteiger partial charge in [0, 0.05) is 18.2 Å². The zero-order valence-corrected chi connectivity index (χ0v) is 11.7. The molecular weight excluding hydrogens is 320 g/mol. The predicted molar refractivity (Wildman–Crippen MR) is 70.8 cm³/mol. The normalized spacial score (nSPS) is 13.7. The number of halogens is 1. The van der Waals surface area contributed by atoms with E-state index in [9.17, 15) is 20.0 Å². The van der Waals surface area contributed by atoms with Crippen molar-refractivity contribution in [3.63, 3.8) is 0 Å². The average molecular weight is 333 g/mol. The Hall–Kier alpha value is -1.51. The van der Waals surface area contributed by atoms with Crippen LogP contribution in [-0.2, 0) is 0 Å². The number of rotatable bonds is 5. The number of benzene rings is 1. The summed E-state index contributed by atoms with van der Waals surface area (Å²) in [7, 11) is 0. The molecule has 0 heterocycles. The van der Waals surface area contributed by atoms with Crippen LogP contribution in [0.4, 0.5) is 5.69 Å². The Morgan fingerprint density at radius 1 is 1.58 bits per heavy atom. The van der Waals surface area contributed by atoms with Crippen molar-refractivity contribution in [2.24, 2.45) is 0 Å². The molecule has 0 bridgehead atoms. The molecule has 1 aromatic carbocycles. The van der Waals surface area contributed by atoms with Gasteiger partial charge < -0.3 is 15.5 Å². The van der Waals surface area contributed by atoms with Gasteiger partial charge in [-0.15, -0.1) is 0 Å². The number of nitrogens with one attached hydrogen (secondary N) is 1. The van der Waals surface area contributed by atoms with Crippen molar-refractivity contribution in [2.45, 2.75) is 12.5 Å². The van der Waals surface area contributed by atoms with E-state index < -0.39 is 23.0 Å². The summed E-state index contributed by atoms with van der Waals surface area (Å²) in [6.45, 7) is 0.692. The molecule has 104 valence electrons. The maximum atomic E-state index is 11.8. The van der Waals surface area contributed by atoms with Gasteiger partial charge in [-0.05, 0) is 35.0 Å². The Labute approximate surface area is 117 Å². The fourth-order valence-corrected chi connectivity index (χ4v) is 1.61. The second kappa shape index (κ2) is 6.09. The maximum Gasteiger partial charge on any atom is 0.284 e. The van der Waals surface area contributed by atoms with Gasteiger partial charge >= 0.3 is 0 Å². The minimum atomic E-state index is -1.43. The van der Waals surface area contributed by atoms with Crippen LogP contribution in [0.15, 0.2) is 22.7 Å². The fraction of sp³-hybridized carbons (Fsp3) is 0.364. The van der Waals surface area contributed by atoms with E-state index in [-0.39, 0.29) is 22.3 Å². The van der Waals surface area contributed by atoms with Gasteiger partial charge in [0.15, 0.2) is 0 Å². The molecular formula is C11H13BrN2O5. The number of aliphatic hydroxyl groups excluding tert-OH is 1. The van der Waals surface area contributed by atoms with Gasteiger partial charge in [0.1, 0.15) is 5.60 Å². The van der Waals surface area contributed by atoms with Crippen LogP contribution in [0, 0.1) is 10.1 Å². The highest BCUT2D eigenvalue weighted by Crippen LogP contribution is 2.25. The highest BCUT2D eigenvalue weighted by Gasteiger charge is 2.21. The van der Waals surface area contributed by atoms with Crippen molar-refractivity contribution in [1.82, 2.24) is 5.32 Å². The summed E-state index contributed by atoms with van der Waals surface area (Å²) in [5, 5.41) is 31.5. The molecule has 1 amide bonds. The molecule has 1 atom stereocenters. The van der Waals surface area contributed by atoms with Crippen LogP contribution in [0.5, 0.6) is 0 Å². The number of hydrogen-bond acceptors (Lipinski definition) is 5. The molecule has 0 aromatic heterocycles. The molecule has 0 radical (unpaired) electrons. The second-order valence-electron chi connectivity index (χ2n) is 4.26. The monoisotopic (exact) mass is 332 g/mol. The molecule has 0 spiro atoms. The highest BCUT2D eigenvalue weighted by atomic mass is 79.9. The van der Waals surface area contributed by atoms with E-state index in [4.69, 9.17) is 5.11 Å². The number of nitro groups is 1. The zero-order valence-electron chi connectivity index (χ0n) is 10.1. The lowest BCUT2D eigenvalue weighted by molar-refractivity contribution is -0.385. The molecule has 1 aromatic rings. The first-order valence-corrected chi connectivity index (χ1v) is 6.11. The molecule has 0 aliphatic heterocycles. The van der Waals surface area contributed by atoms with Crippen molar-refractivity contribution < 1.29 is 19.9 Å². The summed E-state index contributed by atoms with van der Waals surface area (Å²) < 4.78 is 0.274. The van der Waals surface area contributed by atoms with E-state index in [0.29, 0.717) is 0 Å². The van der Waals surface area contributed by atoms with Gasteiger partial charge in [-0.1, -0.05) is 0 Å². The summed E-state index contributed by atoms with van der Waals surface area (Å²) in [5.74, 6) is -0.565. The number of hydrogen-bond donors (Lipinski definition) is 3. The molecule has 7 nitrogen and oxygen atoms in total. The third-order valence-corrected chi connectivity index (χ3v) is 3.05. The molecule has 1 unspecified atom stereocenters. The Kier molecular flexibility index (Phi) is 4.98. The molecule has 0 fully saturated rings. The largest absolute Gasteiger partial charge is 0.393 e. The van der Waals surface area contributed by atoms with Crippen LogP contribution in [0.2, 0.25) is 0 Å². The standard InChI is InChI=1S/C11H13BrN2O5/c1-11(17,6-15)5-13-10(16)7-2-3-8(12)9(4-7)14(18)19/h2-4,15,17H,5-6H2,1H3,(H,13,16). The maximum absolute atomic E-state index is 11.8. The van der Waals surface area contributed by atoms with Crippen molar-refractivity contribution in [1.29, 1.82) is 0 Å². The van der Waals surface area contributed by atoms with Crippen LogP contribution >= 0.6 is 15.9 Å². The van der Waals surface area contributed by atoms with Gasteiger partial charge in [0.2, 0.25) is 0 Å². The Balaban J connectivity index is 2.84. The number of carbonyl (C=O) groups excluding carboxylic acids is 1. The minimum Gasteiger partial charge on any atom is -0.393 e. The quantitative estimate of drug-likeness (QED) is 0.546. The number of aliphatic hydroxyl groups is 2. The number of carbonyl (C=O) groups is 1. The van der Waals surface area contributed by atoms with Crippen LogP contribution in [0.25, 0.3) is 0 Å². The average Bonchev–Trinajstić information content (AvgIpc) is 2.36. The van der Waals surface area contributed by atoms with Crippen molar-refractivity contribution >= 4 is 27.5 Å². The van der Waals surface area contributed by atoms with Gasteiger partial charge in [0.05, 0.1) is 16.0 Å². The highest BCUT2D eigenvalue weighted by molar-refractivity contribution is 9.10. The summed E-state index contributed by atoms with van der Waals surface area (Å²) in [5.41, 5.74) is -1.55. The van der Waals surface area contributed by atoms with E-state index in [2.05, 4.69) is 21.2 Å². The van der Waals surface area contributed by atoms with Gasteiger partial charge in [-0.3, -0.25) is 14.9 Å². The number of amides is 1. The van der Waals surface area contributed by atoms with Gasteiger partial charge in [0.25, 0.3) is 11.6 Å². The summed E-state index contributed by atoms with van der Waals surface area (Å²) in [4.78, 5) is 21.9. The second-order valence-corrected chi connectivity index (χ2v) is 5.12. The SMILES string of the molecule is CC(O)(CO)CNC(=O)c1ccc(Br)c([N+](=O)[O-])c1. The molecule has 8 heteroatoms. The van der Waals surface area contributed by atoms with E-state index in [1.165, 1.54) is 19.1 Å². The summed E-state index contributed by atoms with van der Waals surface area (Å²) >= 11 is 3.02. The van der Waals surface area contributed by atoms with E-state index in [1.807, 2.05) is 0 Å². The van der Waals surface area contributed by atoms with E-state index in [0.717, 1.165) is 6.07 Å². The number of nitrogens with zero attached hydrogens (tertiary/aromatic N) is 1. The minimum absolute atomic E-state index is 0.101. The molecule has 19 heavy (non-hydrogen) atoms. The van der Waals surface area contributed by atoms with E-state index >= 15 is 0 Å². The van der Waals surface area contributed by atoms with Crippen molar-refractivity contribution in [3.05, 3.63) is 38.3 Å². The molecule has 1 rings (SSSR count). The van der Waals surface area contributed by atoms with Crippen molar-refractivity contribution in [2.75, 3.05) is 13.2 Å². The first-order chi connectivity index (χ1) is 8.76. The third-order valence-electron chi connectivity index (χ3n) is 2.38. The van der Waals surface area contributed by atoms with Crippen LogP contribution in [0.1, 0.15) is 17.3 Å². The first kappa shape index (κ1) is 15.5. The molecule has 0 aliphatic carbocycles. The van der Waals surface area contributed by atoms with Crippen molar-refractivity contribution in [3.8, 4) is 0 Å². The lowest BCUT2D eigenvalue weighted by atomic mass is 10.1. The van der Waals surface area contributed by atoms with Crippen LogP contribution in [0.3, 0.4) is 0 Å². The van der Waals surface area contributed by atoms with Gasteiger partial charge in [-0.2, -0.15) is 0 Å². The summed E-state index contributed by atoms with van der Waals surface area (Å²) in [6.07, 6.45) is 0. The topological polar surface area (TPSA) is 113 Å². The lowest BCUT2D eigenvalue weighted by Gasteiger charge is -2.20. The Morgan fingerprint density at radius 2 is 2.21 bits per heavy atom.